The third kappa shape index (κ3) is 3.84. The molecule has 0 N–H and O–H groups in total. The highest BCUT2D eigenvalue weighted by molar-refractivity contribution is 9.10. The van der Waals surface area contributed by atoms with Gasteiger partial charge in [0.25, 0.3) is 0 Å². The van der Waals surface area contributed by atoms with Crippen LogP contribution >= 0.6 is 23.1 Å². The van der Waals surface area contributed by atoms with Crippen molar-refractivity contribution in [3.63, 3.8) is 0 Å². The molecule has 0 atom stereocenters. The molecule has 1 nitrogen and oxygen atoms in total. The standard InChI is InChI=1S/C24H26BrOP/c1-15-7-16(2)10-21(9-15)27(26,22-11-17(3)8-18(4)12-22)24-14-20(6)19(5)13-23(24)25/h7-14H,1-6H3. The van der Waals surface area contributed by atoms with Gasteiger partial charge in [0.2, 0.25) is 0 Å². The second kappa shape index (κ2) is 7.41. The van der Waals surface area contributed by atoms with E-state index in [1.807, 2.05) is 0 Å². The van der Waals surface area contributed by atoms with E-state index in [0.29, 0.717) is 0 Å². The molecule has 0 radical (unpaired) electrons. The molecule has 0 spiro atoms. The smallest absolute Gasteiger partial charge is 0.172 e. The molecule has 3 heteroatoms. The van der Waals surface area contributed by atoms with E-state index in [4.69, 9.17) is 0 Å². The van der Waals surface area contributed by atoms with Crippen LogP contribution < -0.4 is 15.9 Å². The number of hydrogen-bond acceptors (Lipinski definition) is 1. The molecule has 140 valence electrons. The van der Waals surface area contributed by atoms with Crippen molar-refractivity contribution in [1.29, 1.82) is 0 Å². The summed E-state index contributed by atoms with van der Waals surface area (Å²) in [6, 6.07) is 16.7. The van der Waals surface area contributed by atoms with Crippen LogP contribution in [0.25, 0.3) is 0 Å². The lowest BCUT2D eigenvalue weighted by Crippen LogP contribution is -2.27. The van der Waals surface area contributed by atoms with E-state index in [0.717, 1.165) is 48.2 Å². The van der Waals surface area contributed by atoms with Gasteiger partial charge in [0, 0.05) is 20.4 Å². The maximum absolute atomic E-state index is 14.9. The third-order valence-corrected chi connectivity index (χ3v) is 9.02. The van der Waals surface area contributed by atoms with E-state index in [2.05, 4.69) is 106 Å². The number of benzene rings is 3. The highest BCUT2D eigenvalue weighted by Gasteiger charge is 2.33. The van der Waals surface area contributed by atoms with E-state index in [1.54, 1.807) is 0 Å². The van der Waals surface area contributed by atoms with Gasteiger partial charge in [-0.15, -0.1) is 0 Å². The van der Waals surface area contributed by atoms with Gasteiger partial charge in [-0.1, -0.05) is 34.4 Å². The quantitative estimate of drug-likeness (QED) is 0.460. The zero-order chi connectivity index (χ0) is 19.9. The highest BCUT2D eigenvalue weighted by atomic mass is 79.9. The Balaban J connectivity index is 2.43. The Labute approximate surface area is 171 Å². The molecule has 0 saturated carbocycles. The van der Waals surface area contributed by atoms with Gasteiger partial charge >= 0.3 is 0 Å². The fourth-order valence-electron chi connectivity index (χ4n) is 3.70. The Hall–Kier alpha value is -1.63. The molecule has 3 rings (SSSR count). The zero-order valence-electron chi connectivity index (χ0n) is 16.9. The first kappa shape index (κ1) is 20.1. The molecule has 0 aromatic heterocycles. The zero-order valence-corrected chi connectivity index (χ0v) is 19.3. The first-order chi connectivity index (χ1) is 12.6. The van der Waals surface area contributed by atoms with Crippen LogP contribution in [-0.2, 0) is 4.57 Å². The highest BCUT2D eigenvalue weighted by Crippen LogP contribution is 2.45. The summed E-state index contributed by atoms with van der Waals surface area (Å²) in [6.45, 7) is 12.4. The normalized spacial score (nSPS) is 11.7. The second-order valence-corrected chi connectivity index (χ2v) is 11.3. The number of rotatable bonds is 3. The van der Waals surface area contributed by atoms with E-state index in [1.165, 1.54) is 5.56 Å². The number of halogens is 1. The van der Waals surface area contributed by atoms with Crippen molar-refractivity contribution in [2.75, 3.05) is 0 Å². The summed E-state index contributed by atoms with van der Waals surface area (Å²) in [7, 11) is -3.02. The molecule has 0 amide bonds. The Bertz CT molecular complexity index is 986. The monoisotopic (exact) mass is 440 g/mol. The molecule has 0 fully saturated rings. The van der Waals surface area contributed by atoms with Gasteiger partial charge in [-0.3, -0.25) is 0 Å². The molecule has 0 unspecified atom stereocenters. The largest absolute Gasteiger partial charge is 0.309 e. The maximum Gasteiger partial charge on any atom is 0.172 e. The number of aryl methyl sites for hydroxylation is 6. The van der Waals surface area contributed by atoms with Gasteiger partial charge < -0.3 is 4.57 Å². The predicted octanol–water partition coefficient (Wildman–Crippen LogP) is 5.94. The Kier molecular flexibility index (Phi) is 5.52. The van der Waals surface area contributed by atoms with E-state index >= 15 is 0 Å². The van der Waals surface area contributed by atoms with Gasteiger partial charge in [0.15, 0.2) is 7.14 Å². The number of hydrogen-bond donors (Lipinski definition) is 0. The molecule has 0 aliphatic rings. The molecule has 3 aromatic carbocycles. The van der Waals surface area contributed by atoms with Crippen molar-refractivity contribution in [2.24, 2.45) is 0 Å². The minimum Gasteiger partial charge on any atom is -0.309 e. The molecule has 3 aromatic rings. The lowest BCUT2D eigenvalue weighted by molar-refractivity contribution is 0.592. The lowest BCUT2D eigenvalue weighted by Gasteiger charge is -2.24. The first-order valence-corrected chi connectivity index (χ1v) is 11.7. The Morgan fingerprint density at radius 3 is 1.37 bits per heavy atom. The predicted molar refractivity (Wildman–Crippen MR) is 122 cm³/mol. The van der Waals surface area contributed by atoms with Crippen LogP contribution in [-0.4, -0.2) is 0 Å². The van der Waals surface area contributed by atoms with Gasteiger partial charge in [-0.2, -0.15) is 0 Å². The molecule has 0 saturated heterocycles. The fourth-order valence-corrected chi connectivity index (χ4v) is 8.04. The fraction of sp³-hybridized carbons (Fsp3) is 0.250. The first-order valence-electron chi connectivity index (χ1n) is 9.16. The summed E-state index contributed by atoms with van der Waals surface area (Å²) >= 11 is 3.71. The van der Waals surface area contributed by atoms with Crippen LogP contribution in [0.4, 0.5) is 0 Å². The molecular formula is C24H26BrOP. The van der Waals surface area contributed by atoms with Crippen LogP contribution in [0.2, 0.25) is 0 Å². The van der Waals surface area contributed by atoms with E-state index < -0.39 is 7.14 Å². The van der Waals surface area contributed by atoms with Crippen molar-refractivity contribution < 1.29 is 4.57 Å². The van der Waals surface area contributed by atoms with Crippen molar-refractivity contribution in [3.05, 3.63) is 86.4 Å². The molecule has 0 aliphatic heterocycles. The van der Waals surface area contributed by atoms with Crippen LogP contribution in [0, 0.1) is 41.5 Å². The summed E-state index contributed by atoms with van der Waals surface area (Å²) in [5.41, 5.74) is 6.88. The van der Waals surface area contributed by atoms with Gasteiger partial charge in [-0.25, -0.2) is 0 Å². The van der Waals surface area contributed by atoms with Crippen LogP contribution in [0.5, 0.6) is 0 Å². The average molecular weight is 441 g/mol. The second-order valence-electron chi connectivity index (χ2n) is 7.69. The Morgan fingerprint density at radius 2 is 0.963 bits per heavy atom. The lowest BCUT2D eigenvalue weighted by atomic mass is 10.1. The molecule has 0 bridgehead atoms. The van der Waals surface area contributed by atoms with Crippen LogP contribution in [0.3, 0.4) is 0 Å². The molecule has 0 heterocycles. The van der Waals surface area contributed by atoms with Crippen molar-refractivity contribution in [2.45, 2.75) is 41.5 Å². The summed E-state index contributed by atoms with van der Waals surface area (Å²) in [6.07, 6.45) is 0. The minimum atomic E-state index is -3.02. The molecule has 0 aliphatic carbocycles. The van der Waals surface area contributed by atoms with Gasteiger partial charge in [0.1, 0.15) is 0 Å². The Morgan fingerprint density at radius 1 is 0.593 bits per heavy atom. The summed E-state index contributed by atoms with van der Waals surface area (Å²) < 4.78 is 15.8. The molecular weight excluding hydrogens is 415 g/mol. The average Bonchev–Trinajstić information content (AvgIpc) is 2.55. The SMILES string of the molecule is Cc1cc(C)cc(P(=O)(c2cc(C)cc(C)c2)c2cc(C)c(C)cc2Br)c1. The summed E-state index contributed by atoms with van der Waals surface area (Å²) in [4.78, 5) is 0. The van der Waals surface area contributed by atoms with Crippen LogP contribution in [0.1, 0.15) is 33.4 Å². The van der Waals surface area contributed by atoms with Crippen molar-refractivity contribution in [3.8, 4) is 0 Å². The van der Waals surface area contributed by atoms with Crippen molar-refractivity contribution >= 4 is 39.0 Å². The van der Waals surface area contributed by atoms with E-state index in [9.17, 15) is 4.57 Å². The maximum atomic E-state index is 14.9. The molecule has 27 heavy (non-hydrogen) atoms. The van der Waals surface area contributed by atoms with E-state index in [-0.39, 0.29) is 0 Å². The topological polar surface area (TPSA) is 17.1 Å². The minimum absolute atomic E-state index is 0.876. The van der Waals surface area contributed by atoms with Crippen molar-refractivity contribution in [1.82, 2.24) is 0 Å². The third-order valence-electron chi connectivity index (χ3n) is 5.04. The van der Waals surface area contributed by atoms with Gasteiger partial charge in [0.05, 0.1) is 0 Å². The summed E-state index contributed by atoms with van der Waals surface area (Å²) in [5, 5.41) is 2.67. The van der Waals surface area contributed by atoms with Gasteiger partial charge in [-0.05, 0) is 105 Å². The summed E-state index contributed by atoms with van der Waals surface area (Å²) in [5.74, 6) is 0. The van der Waals surface area contributed by atoms with Crippen LogP contribution in [0.15, 0.2) is 53.0 Å².